The van der Waals surface area contributed by atoms with Gasteiger partial charge in [-0.3, -0.25) is 9.29 Å². The Morgan fingerprint density at radius 1 is 1.18 bits per heavy atom. The monoisotopic (exact) mass is 474 g/mol. The topological polar surface area (TPSA) is 151 Å². The van der Waals surface area contributed by atoms with Gasteiger partial charge in [0.1, 0.15) is 22.9 Å². The van der Waals surface area contributed by atoms with E-state index in [4.69, 9.17) is 9.26 Å². The summed E-state index contributed by atoms with van der Waals surface area (Å²) in [7, 11) is -2.43. The predicted molar refractivity (Wildman–Crippen MR) is 114 cm³/mol. The van der Waals surface area contributed by atoms with Crippen molar-refractivity contribution in [2.75, 3.05) is 17.6 Å². The van der Waals surface area contributed by atoms with E-state index in [1.54, 1.807) is 32.0 Å². The molecule has 0 atom stereocenters. The molecule has 0 aromatic carbocycles. The molecular weight excluding hydrogens is 455 g/mol. The molecule has 0 aliphatic heterocycles. The van der Waals surface area contributed by atoms with Gasteiger partial charge in [0.15, 0.2) is 17.4 Å². The number of nitrogens with zero attached hydrogens (tertiary/aromatic N) is 7. The molecule has 4 aromatic heterocycles. The zero-order chi connectivity index (χ0) is 23.6. The van der Waals surface area contributed by atoms with E-state index < -0.39 is 15.8 Å². The number of methoxy groups -OCH3 is 1. The van der Waals surface area contributed by atoms with Crippen LogP contribution in [0.2, 0.25) is 0 Å². The summed E-state index contributed by atoms with van der Waals surface area (Å²) in [6, 6.07) is 5.08. The van der Waals surface area contributed by atoms with Gasteiger partial charge in [-0.1, -0.05) is 11.2 Å². The van der Waals surface area contributed by atoms with E-state index in [1.165, 1.54) is 11.7 Å². The molecule has 0 amide bonds. The van der Waals surface area contributed by atoms with Crippen LogP contribution in [-0.4, -0.2) is 56.2 Å². The van der Waals surface area contributed by atoms with Crippen molar-refractivity contribution in [1.29, 1.82) is 0 Å². The molecule has 14 heteroatoms. The summed E-state index contributed by atoms with van der Waals surface area (Å²) < 4.78 is 52.9. The predicted octanol–water partition coefficient (Wildman–Crippen LogP) is 1.86. The minimum Gasteiger partial charge on any atom is -0.481 e. The molecule has 0 aliphatic rings. The van der Waals surface area contributed by atoms with Gasteiger partial charge < -0.3 is 9.26 Å². The van der Waals surface area contributed by atoms with Gasteiger partial charge in [0, 0.05) is 12.5 Å². The first-order valence-corrected chi connectivity index (χ1v) is 11.3. The van der Waals surface area contributed by atoms with E-state index in [0.717, 1.165) is 12.4 Å². The van der Waals surface area contributed by atoms with Crippen molar-refractivity contribution in [2.45, 2.75) is 20.3 Å². The van der Waals surface area contributed by atoms with Gasteiger partial charge in [-0.05, 0) is 19.9 Å². The third-order valence-electron chi connectivity index (χ3n) is 4.56. The lowest BCUT2D eigenvalue weighted by Crippen LogP contribution is -2.21. The fourth-order valence-electron chi connectivity index (χ4n) is 3.06. The molecule has 0 fully saturated rings. The van der Waals surface area contributed by atoms with Crippen molar-refractivity contribution in [1.82, 2.24) is 34.9 Å². The molecule has 4 rings (SSSR count). The highest BCUT2D eigenvalue weighted by molar-refractivity contribution is 7.92. The van der Waals surface area contributed by atoms with Gasteiger partial charge in [0.25, 0.3) is 0 Å². The van der Waals surface area contributed by atoms with Crippen molar-refractivity contribution >= 4 is 16.0 Å². The van der Waals surface area contributed by atoms with Gasteiger partial charge in [-0.15, -0.1) is 10.2 Å². The van der Waals surface area contributed by atoms with E-state index in [9.17, 15) is 12.8 Å². The fourth-order valence-corrected chi connectivity index (χ4v) is 4.03. The van der Waals surface area contributed by atoms with Crippen LogP contribution in [0.4, 0.5) is 10.3 Å². The van der Waals surface area contributed by atoms with Crippen LogP contribution in [0.5, 0.6) is 5.88 Å². The number of nitrogens with one attached hydrogen (secondary N) is 1. The Hall–Kier alpha value is -3.94. The summed E-state index contributed by atoms with van der Waals surface area (Å²) in [5.41, 5.74) is 1.36. The second-order valence-corrected chi connectivity index (χ2v) is 8.75. The number of hydrogen-bond acceptors (Lipinski definition) is 10. The number of pyridine rings is 1. The summed E-state index contributed by atoms with van der Waals surface area (Å²) in [4.78, 5) is 11.9. The molecule has 4 aromatic rings. The number of sulfonamides is 1. The lowest BCUT2D eigenvalue weighted by molar-refractivity contribution is 0.393. The lowest BCUT2D eigenvalue weighted by Gasteiger charge is -2.11. The highest BCUT2D eigenvalue weighted by Crippen LogP contribution is 2.29. The zero-order valence-corrected chi connectivity index (χ0v) is 18.7. The number of ether oxygens (including phenoxy) is 1. The third kappa shape index (κ3) is 4.79. The van der Waals surface area contributed by atoms with Crippen LogP contribution in [0.1, 0.15) is 17.3 Å². The maximum Gasteiger partial charge on any atom is 0.243 e. The normalized spacial score (nSPS) is 11.5. The quantitative estimate of drug-likeness (QED) is 0.401. The SMILES string of the molecule is COc1cccc(-c2nnc(NS(=O)(=O)CCc3ncc(F)cn3)n2-c2c(C)noc2C)n1. The first-order valence-electron chi connectivity index (χ1n) is 9.64. The maximum absolute atomic E-state index is 13.0. The van der Waals surface area contributed by atoms with Crippen LogP contribution in [0.25, 0.3) is 17.2 Å². The molecule has 0 radical (unpaired) electrons. The summed E-state index contributed by atoms with van der Waals surface area (Å²) in [5, 5.41) is 12.1. The van der Waals surface area contributed by atoms with Gasteiger partial charge in [-0.2, -0.15) is 0 Å². The summed E-state index contributed by atoms with van der Waals surface area (Å²) >= 11 is 0. The van der Waals surface area contributed by atoms with Crippen LogP contribution in [0, 0.1) is 19.7 Å². The Morgan fingerprint density at radius 3 is 2.61 bits per heavy atom. The minimum absolute atomic E-state index is 0.0284. The van der Waals surface area contributed by atoms with Crippen LogP contribution in [-0.2, 0) is 16.4 Å². The molecule has 172 valence electrons. The Balaban J connectivity index is 1.70. The van der Waals surface area contributed by atoms with E-state index in [-0.39, 0.29) is 29.8 Å². The molecule has 0 saturated carbocycles. The van der Waals surface area contributed by atoms with Crippen molar-refractivity contribution in [3.63, 3.8) is 0 Å². The van der Waals surface area contributed by atoms with Crippen LogP contribution in [0.15, 0.2) is 35.1 Å². The largest absolute Gasteiger partial charge is 0.481 e. The minimum atomic E-state index is -3.91. The van der Waals surface area contributed by atoms with Gasteiger partial charge >= 0.3 is 0 Å². The van der Waals surface area contributed by atoms with Crippen molar-refractivity contribution in [3.05, 3.63) is 53.7 Å². The number of anilines is 1. The Morgan fingerprint density at radius 2 is 1.94 bits per heavy atom. The van der Waals surface area contributed by atoms with Crippen molar-refractivity contribution in [3.8, 4) is 23.1 Å². The van der Waals surface area contributed by atoms with E-state index in [1.807, 2.05) is 0 Å². The van der Waals surface area contributed by atoms with Crippen LogP contribution >= 0.6 is 0 Å². The van der Waals surface area contributed by atoms with Gasteiger partial charge in [-0.25, -0.2) is 27.8 Å². The second kappa shape index (κ2) is 8.90. The molecule has 0 aliphatic carbocycles. The number of halogens is 1. The molecule has 0 spiro atoms. The smallest absolute Gasteiger partial charge is 0.243 e. The van der Waals surface area contributed by atoms with Crippen molar-refractivity contribution in [2.24, 2.45) is 0 Å². The Labute approximate surface area is 187 Å². The number of aromatic nitrogens is 7. The van der Waals surface area contributed by atoms with Crippen molar-refractivity contribution < 1.29 is 22.1 Å². The average Bonchev–Trinajstić information content (AvgIpc) is 3.34. The maximum atomic E-state index is 13.0. The number of aryl methyl sites for hydroxylation is 3. The standard InChI is InChI=1S/C19H19FN8O4S/c1-11-17(12(2)32-26-11)28-18(14-5-4-6-16(23-14)31-3)24-25-19(28)27-33(29,30)8-7-15-21-9-13(20)10-22-15/h4-6,9-10H,7-8H2,1-3H3,(H,25,27). The first kappa shape index (κ1) is 22.3. The lowest BCUT2D eigenvalue weighted by atomic mass is 10.3. The molecule has 1 N–H and O–H groups in total. The number of hydrogen-bond donors (Lipinski definition) is 1. The molecule has 0 bridgehead atoms. The molecule has 0 unspecified atom stereocenters. The van der Waals surface area contributed by atoms with E-state index in [0.29, 0.717) is 28.7 Å². The summed E-state index contributed by atoms with van der Waals surface area (Å²) in [6.45, 7) is 3.39. The average molecular weight is 474 g/mol. The molecule has 0 saturated heterocycles. The van der Waals surface area contributed by atoms with Crippen LogP contribution in [0.3, 0.4) is 0 Å². The molecule has 33 heavy (non-hydrogen) atoms. The Bertz CT molecular complexity index is 1370. The molecule has 12 nitrogen and oxygen atoms in total. The molecular formula is C19H19FN8O4S. The van der Waals surface area contributed by atoms with Gasteiger partial charge in [0.2, 0.25) is 21.9 Å². The second-order valence-electron chi connectivity index (χ2n) is 6.91. The molecule has 4 heterocycles. The summed E-state index contributed by atoms with van der Waals surface area (Å²) in [5.74, 6) is 0.173. The first-order chi connectivity index (χ1) is 15.8. The van der Waals surface area contributed by atoms with Gasteiger partial charge in [0.05, 0.1) is 25.3 Å². The van der Waals surface area contributed by atoms with E-state index in [2.05, 4.69) is 35.0 Å². The number of rotatable bonds is 8. The fraction of sp³-hybridized carbons (Fsp3) is 0.263. The zero-order valence-electron chi connectivity index (χ0n) is 17.9. The van der Waals surface area contributed by atoms with Crippen LogP contribution < -0.4 is 9.46 Å². The summed E-state index contributed by atoms with van der Waals surface area (Å²) in [6.07, 6.45) is 1.92. The van der Waals surface area contributed by atoms with E-state index >= 15 is 0 Å². The highest BCUT2D eigenvalue weighted by Gasteiger charge is 2.25. The Kier molecular flexibility index (Phi) is 6.00. The third-order valence-corrected chi connectivity index (χ3v) is 5.79. The highest BCUT2D eigenvalue weighted by atomic mass is 32.2.